The molecule has 7 aromatic carbocycles. The second-order valence-electron chi connectivity index (χ2n) is 9.95. The molecule has 0 nitrogen and oxygen atoms in total. The molecule has 7 aromatic rings. The molecule has 0 bridgehead atoms. The van der Waals surface area contributed by atoms with Crippen molar-refractivity contribution in [3.63, 3.8) is 0 Å². The first-order chi connectivity index (χ1) is 18.7. The van der Waals surface area contributed by atoms with Crippen LogP contribution in [0.1, 0.15) is 5.56 Å². The van der Waals surface area contributed by atoms with Crippen LogP contribution in [0.4, 0.5) is 0 Å². The van der Waals surface area contributed by atoms with E-state index in [9.17, 15) is 0 Å². The van der Waals surface area contributed by atoms with Crippen molar-refractivity contribution in [3.05, 3.63) is 139 Å². The molecule has 0 N–H and O–H groups in total. The molecule has 0 atom stereocenters. The van der Waals surface area contributed by atoms with Crippen molar-refractivity contribution >= 4 is 44.9 Å². The summed E-state index contributed by atoms with van der Waals surface area (Å²) >= 11 is 5.03. The fourth-order valence-corrected chi connectivity index (χ4v) is 6.22. The molecule has 0 aliphatic heterocycles. The van der Waals surface area contributed by atoms with E-state index in [2.05, 4.69) is 140 Å². The van der Waals surface area contributed by atoms with Crippen molar-refractivity contribution in [1.82, 2.24) is 0 Å². The summed E-state index contributed by atoms with van der Waals surface area (Å²) < 4.78 is 0. The second-order valence-corrected chi connectivity index (χ2v) is 10.4. The van der Waals surface area contributed by atoms with Gasteiger partial charge in [0.25, 0.3) is 0 Å². The van der Waals surface area contributed by atoms with Gasteiger partial charge in [-0.1, -0.05) is 121 Å². The monoisotopic (exact) mass is 502 g/mol. The number of hydrogen-bond acceptors (Lipinski definition) is 1. The summed E-state index contributed by atoms with van der Waals surface area (Å²) in [5, 5.41) is 7.79. The quantitative estimate of drug-likeness (QED) is 0.180. The first-order valence-electron chi connectivity index (χ1n) is 13.0. The maximum atomic E-state index is 5.03. The van der Waals surface area contributed by atoms with Crippen LogP contribution in [-0.4, -0.2) is 0 Å². The van der Waals surface area contributed by atoms with Gasteiger partial charge < -0.3 is 0 Å². The molecule has 0 amide bonds. The summed E-state index contributed by atoms with van der Waals surface area (Å²) in [6, 6.07) is 48.2. The Bertz CT molecular complexity index is 1960. The van der Waals surface area contributed by atoms with Crippen molar-refractivity contribution < 1.29 is 0 Å². The Morgan fingerprint density at radius 3 is 1.58 bits per heavy atom. The van der Waals surface area contributed by atoms with Crippen LogP contribution in [0, 0.1) is 6.92 Å². The zero-order valence-corrected chi connectivity index (χ0v) is 22.0. The van der Waals surface area contributed by atoms with Gasteiger partial charge in [-0.05, 0) is 90.3 Å². The first kappa shape index (κ1) is 22.8. The van der Waals surface area contributed by atoms with Crippen LogP contribution in [-0.2, 0) is 0 Å². The van der Waals surface area contributed by atoms with Gasteiger partial charge >= 0.3 is 0 Å². The molecule has 180 valence electrons. The molecule has 1 heteroatoms. The lowest BCUT2D eigenvalue weighted by molar-refractivity contribution is 1.39. The van der Waals surface area contributed by atoms with Crippen molar-refractivity contribution in [2.75, 3.05) is 0 Å². The smallest absolute Gasteiger partial charge is 0.0197 e. The molecular formula is C37H26S. The molecule has 0 radical (unpaired) electrons. The zero-order valence-electron chi connectivity index (χ0n) is 21.1. The Balaban J connectivity index is 1.39. The number of aryl methyl sites for hydroxylation is 1. The average Bonchev–Trinajstić information content (AvgIpc) is 2.98. The molecule has 0 fully saturated rings. The van der Waals surface area contributed by atoms with Crippen LogP contribution < -0.4 is 0 Å². The minimum atomic E-state index is 1.01. The number of benzene rings is 7. The first-order valence-corrected chi connectivity index (χ1v) is 13.5. The number of thiol groups is 1. The van der Waals surface area contributed by atoms with Gasteiger partial charge in [0.2, 0.25) is 0 Å². The maximum Gasteiger partial charge on any atom is 0.0197 e. The van der Waals surface area contributed by atoms with Crippen LogP contribution in [0.3, 0.4) is 0 Å². The van der Waals surface area contributed by atoms with Gasteiger partial charge in [0.15, 0.2) is 0 Å². The van der Waals surface area contributed by atoms with Crippen LogP contribution in [0.15, 0.2) is 138 Å². The van der Waals surface area contributed by atoms with E-state index >= 15 is 0 Å². The molecule has 0 saturated carbocycles. The summed E-state index contributed by atoms with van der Waals surface area (Å²) in [6.45, 7) is 2.16. The van der Waals surface area contributed by atoms with Gasteiger partial charge in [0.1, 0.15) is 0 Å². The molecule has 0 spiro atoms. The number of fused-ring (bicyclic) bond motifs is 6. The Morgan fingerprint density at radius 2 is 0.868 bits per heavy atom. The average molecular weight is 503 g/mol. The fourth-order valence-electron chi connectivity index (χ4n) is 5.82. The minimum absolute atomic E-state index is 1.01. The van der Waals surface area contributed by atoms with E-state index in [1.54, 1.807) is 0 Å². The van der Waals surface area contributed by atoms with Crippen LogP contribution in [0.25, 0.3) is 65.7 Å². The van der Waals surface area contributed by atoms with E-state index in [0.717, 1.165) is 10.5 Å². The molecule has 0 aliphatic rings. The number of hydrogen-bond donors (Lipinski definition) is 1. The minimum Gasteiger partial charge on any atom is -0.142 e. The predicted molar refractivity (Wildman–Crippen MR) is 167 cm³/mol. The van der Waals surface area contributed by atoms with Crippen molar-refractivity contribution in [3.8, 4) is 33.4 Å². The highest BCUT2D eigenvalue weighted by Crippen LogP contribution is 2.39. The molecule has 7 rings (SSSR count). The van der Waals surface area contributed by atoms with Crippen LogP contribution in [0.5, 0.6) is 0 Å². The van der Waals surface area contributed by atoms with E-state index < -0.39 is 0 Å². The second kappa shape index (κ2) is 9.20. The maximum absolute atomic E-state index is 5.03. The van der Waals surface area contributed by atoms with Crippen LogP contribution in [0.2, 0.25) is 0 Å². The summed E-state index contributed by atoms with van der Waals surface area (Å²) in [7, 11) is 0. The van der Waals surface area contributed by atoms with Gasteiger partial charge in [0, 0.05) is 4.90 Å². The van der Waals surface area contributed by atoms with E-state index in [1.807, 2.05) is 0 Å². The highest BCUT2D eigenvalue weighted by Gasteiger charge is 2.13. The van der Waals surface area contributed by atoms with E-state index in [1.165, 1.54) is 65.7 Å². The number of rotatable bonds is 3. The normalized spacial score (nSPS) is 11.4. The molecule has 0 unspecified atom stereocenters. The molecule has 0 aliphatic carbocycles. The lowest BCUT2D eigenvalue weighted by Gasteiger charge is -2.15. The van der Waals surface area contributed by atoms with Gasteiger partial charge in [0.05, 0.1) is 0 Å². The lowest BCUT2D eigenvalue weighted by atomic mass is 9.91. The Labute approximate surface area is 228 Å². The third kappa shape index (κ3) is 3.70. The molecular weight excluding hydrogens is 476 g/mol. The highest BCUT2D eigenvalue weighted by atomic mass is 32.1. The highest BCUT2D eigenvalue weighted by molar-refractivity contribution is 7.80. The fraction of sp³-hybridized carbons (Fsp3) is 0.0270. The van der Waals surface area contributed by atoms with Gasteiger partial charge in [-0.15, -0.1) is 12.6 Å². The summed E-state index contributed by atoms with van der Waals surface area (Å²) in [4.78, 5) is 1.01. The van der Waals surface area contributed by atoms with Gasteiger partial charge in [-0.25, -0.2) is 0 Å². The third-order valence-corrected chi connectivity index (χ3v) is 8.20. The Morgan fingerprint density at radius 1 is 0.368 bits per heavy atom. The summed E-state index contributed by atoms with van der Waals surface area (Å²) in [6.07, 6.45) is 0. The Kier molecular flexibility index (Phi) is 5.53. The summed E-state index contributed by atoms with van der Waals surface area (Å²) in [5.74, 6) is 0. The zero-order chi connectivity index (χ0) is 25.6. The topological polar surface area (TPSA) is 0 Å². The van der Waals surface area contributed by atoms with E-state index in [-0.39, 0.29) is 0 Å². The van der Waals surface area contributed by atoms with Crippen molar-refractivity contribution in [2.45, 2.75) is 11.8 Å². The predicted octanol–water partition coefficient (Wildman–Crippen LogP) is 10.7. The summed E-state index contributed by atoms with van der Waals surface area (Å²) in [5.41, 5.74) is 8.39. The molecule has 38 heavy (non-hydrogen) atoms. The Hall–Kier alpha value is -4.33. The van der Waals surface area contributed by atoms with Crippen molar-refractivity contribution in [1.29, 1.82) is 0 Å². The van der Waals surface area contributed by atoms with E-state index in [0.29, 0.717) is 0 Å². The van der Waals surface area contributed by atoms with E-state index in [4.69, 9.17) is 12.6 Å². The van der Waals surface area contributed by atoms with Gasteiger partial charge in [-0.2, -0.15) is 0 Å². The van der Waals surface area contributed by atoms with Gasteiger partial charge in [-0.3, -0.25) is 0 Å². The third-order valence-electron chi connectivity index (χ3n) is 7.72. The SMILES string of the molecule is Cc1ccccc1-c1cccc(-c2cccc(-c3ccc4c5ccccc5c5ccccc5c4c3)c2)c1S. The van der Waals surface area contributed by atoms with Crippen LogP contribution >= 0.6 is 12.6 Å². The standard InChI is InChI=1S/C37H26S/c1-24-10-2-3-13-28(24)35-19-9-18-29(37(35)38)27-12-8-11-25(22-27)26-20-21-34-32-16-5-4-14-30(32)31-15-6-7-17-33(31)36(34)23-26/h2-23,38H,1H3. The van der Waals surface area contributed by atoms with Crippen molar-refractivity contribution in [2.24, 2.45) is 0 Å². The molecule has 0 aromatic heterocycles. The molecule has 0 heterocycles. The largest absolute Gasteiger partial charge is 0.142 e. The lowest BCUT2D eigenvalue weighted by Crippen LogP contribution is -1.89. The molecule has 0 saturated heterocycles.